The van der Waals surface area contributed by atoms with Gasteiger partial charge in [0, 0.05) is 9.81 Å². The van der Waals surface area contributed by atoms with Crippen molar-refractivity contribution in [3.63, 3.8) is 0 Å². The number of benzene rings is 5. The maximum absolute atomic E-state index is 9.93. The second kappa shape index (κ2) is 17.6. The minimum atomic E-state index is -2.94. The van der Waals surface area contributed by atoms with Gasteiger partial charge in [0.05, 0.1) is 25.9 Å². The van der Waals surface area contributed by atoms with E-state index in [9.17, 15) is 5.53 Å². The number of hydrogen-bond acceptors (Lipinski definition) is 6. The van der Waals surface area contributed by atoms with Crippen LogP contribution in [0.5, 0.6) is 0 Å². The summed E-state index contributed by atoms with van der Waals surface area (Å²) in [4.78, 5) is 4.32. The van der Waals surface area contributed by atoms with Gasteiger partial charge in [-0.3, -0.25) is 0 Å². The predicted octanol–water partition coefficient (Wildman–Crippen LogP) is 9.24. The quantitative estimate of drug-likeness (QED) is 0.0493. The summed E-state index contributed by atoms with van der Waals surface area (Å²) in [7, 11) is -2.94. The van der Waals surface area contributed by atoms with Gasteiger partial charge in [-0.2, -0.15) is 0 Å². The van der Waals surface area contributed by atoms with Crippen molar-refractivity contribution in [1.29, 1.82) is 0 Å². The fourth-order valence-corrected chi connectivity index (χ4v) is 12.6. The summed E-state index contributed by atoms with van der Waals surface area (Å²) < 4.78 is 28.1. The molecule has 1 aliphatic rings. The molecule has 0 saturated carbocycles. The lowest BCUT2D eigenvalue weighted by atomic mass is 9.97. The van der Waals surface area contributed by atoms with E-state index in [0.717, 1.165) is 21.6 Å². The third kappa shape index (κ3) is 8.88. The van der Waals surface area contributed by atoms with Crippen LogP contribution in [0.1, 0.15) is 37.5 Å². The second-order valence-electron chi connectivity index (χ2n) is 14.2. The molecule has 7 nitrogen and oxygen atoms in total. The van der Waals surface area contributed by atoms with E-state index in [0.29, 0.717) is 13.2 Å². The van der Waals surface area contributed by atoms with E-state index >= 15 is 0 Å². The van der Waals surface area contributed by atoms with E-state index < -0.39 is 38.1 Å². The van der Waals surface area contributed by atoms with Gasteiger partial charge in [0.1, 0.15) is 23.7 Å². The largest absolute Gasteiger partial charge is 0.405 e. The zero-order valence-corrected chi connectivity index (χ0v) is 32.1. The third-order valence-electron chi connectivity index (χ3n) is 9.52. The van der Waals surface area contributed by atoms with Crippen LogP contribution >= 0.6 is 11.8 Å². The number of rotatable bonds is 14. The highest BCUT2D eigenvalue weighted by Crippen LogP contribution is 2.41. The van der Waals surface area contributed by atoms with Crippen LogP contribution in [0.3, 0.4) is 0 Å². The van der Waals surface area contributed by atoms with Gasteiger partial charge in [-0.05, 0) is 51.1 Å². The Morgan fingerprint density at radius 2 is 1.17 bits per heavy atom. The van der Waals surface area contributed by atoms with Crippen molar-refractivity contribution in [2.45, 2.75) is 80.6 Å². The zero-order valence-electron chi connectivity index (χ0n) is 30.2. The molecule has 5 atom stereocenters. The molecular weight excluding hydrogens is 683 g/mol. The van der Waals surface area contributed by atoms with Gasteiger partial charge in [-0.1, -0.05) is 177 Å². The van der Waals surface area contributed by atoms with E-state index in [2.05, 4.69) is 111 Å². The van der Waals surface area contributed by atoms with Crippen molar-refractivity contribution in [1.82, 2.24) is 0 Å². The maximum Gasteiger partial charge on any atom is 0.261 e. The van der Waals surface area contributed by atoms with Crippen molar-refractivity contribution in [3.05, 3.63) is 173 Å². The number of thioether (sulfide) groups is 1. The van der Waals surface area contributed by atoms with Crippen molar-refractivity contribution in [3.8, 4) is 0 Å². The SMILES string of the molecule is Cc1ccc(S[C@@H]2O[C@H](CO[Si](c3ccccc3)(c3ccccc3)C(C)(C)C)[C@@H](OCc3ccccc3)[C@H](OCc3ccccc3)[C@H]2N=[N+]=[N-])cc1. The Hall–Kier alpha value is -4.18. The monoisotopic (exact) mass is 729 g/mol. The molecule has 6 rings (SSSR count). The normalized spacial score (nSPS) is 20.6. The molecule has 1 heterocycles. The Kier molecular flexibility index (Phi) is 12.7. The standard InChI is InChI=1S/C43H47N3O4SSi/c1-32-25-27-35(28-26-32)51-42-39(45-46-44)41(48-30-34-19-11-6-12-20-34)40(47-29-33-17-9-5-10-18-33)38(50-42)31-49-52(43(2,3)4,36-21-13-7-14-22-36)37-23-15-8-16-24-37/h5-28,38-42H,29-31H2,1-4H3/t38-,39-,40-,41-,42+/m1/s1. The molecule has 1 aliphatic heterocycles. The van der Waals surface area contributed by atoms with Gasteiger partial charge in [0.25, 0.3) is 8.32 Å². The predicted molar refractivity (Wildman–Crippen MR) is 212 cm³/mol. The van der Waals surface area contributed by atoms with Crippen LogP contribution < -0.4 is 10.4 Å². The van der Waals surface area contributed by atoms with Crippen LogP contribution in [0, 0.1) is 6.92 Å². The van der Waals surface area contributed by atoms with E-state index in [4.69, 9.17) is 18.6 Å². The highest BCUT2D eigenvalue weighted by Gasteiger charge is 2.53. The molecule has 0 aliphatic carbocycles. The molecular formula is C43H47N3O4SSi. The average Bonchev–Trinajstić information content (AvgIpc) is 3.17. The summed E-state index contributed by atoms with van der Waals surface area (Å²) >= 11 is 1.53. The molecule has 0 radical (unpaired) electrons. The molecule has 9 heteroatoms. The topological polar surface area (TPSA) is 85.7 Å². The molecule has 1 saturated heterocycles. The molecule has 0 N–H and O–H groups in total. The molecule has 52 heavy (non-hydrogen) atoms. The summed E-state index contributed by atoms with van der Waals surface area (Å²) in [5.41, 5.74) is 12.6. The molecule has 1 fully saturated rings. The van der Waals surface area contributed by atoms with E-state index in [-0.39, 0.29) is 11.6 Å². The van der Waals surface area contributed by atoms with Crippen molar-refractivity contribution >= 4 is 30.5 Å². The Bertz CT molecular complexity index is 1830. The van der Waals surface area contributed by atoms with Gasteiger partial charge in [-0.25, -0.2) is 0 Å². The van der Waals surface area contributed by atoms with E-state index in [1.54, 1.807) is 0 Å². The van der Waals surface area contributed by atoms with Crippen molar-refractivity contribution in [2.24, 2.45) is 5.11 Å². The lowest BCUT2D eigenvalue weighted by Gasteiger charge is -2.47. The minimum Gasteiger partial charge on any atom is -0.405 e. The van der Waals surface area contributed by atoms with Crippen LogP contribution in [0.25, 0.3) is 10.4 Å². The summed E-state index contributed by atoms with van der Waals surface area (Å²) in [6.07, 6.45) is -1.81. The molecule has 268 valence electrons. The summed E-state index contributed by atoms with van der Waals surface area (Å²) in [6, 6.07) is 48.9. The average molecular weight is 730 g/mol. The Morgan fingerprint density at radius 1 is 0.692 bits per heavy atom. The van der Waals surface area contributed by atoms with Crippen LogP contribution in [0.2, 0.25) is 5.04 Å². The fourth-order valence-electron chi connectivity index (χ4n) is 6.95. The first-order valence-electron chi connectivity index (χ1n) is 17.8. The Morgan fingerprint density at radius 3 is 1.65 bits per heavy atom. The Labute approximate surface area is 313 Å². The van der Waals surface area contributed by atoms with E-state index in [1.807, 2.05) is 72.8 Å². The van der Waals surface area contributed by atoms with E-state index in [1.165, 1.54) is 22.1 Å². The van der Waals surface area contributed by atoms with Crippen LogP contribution in [0.4, 0.5) is 0 Å². The lowest BCUT2D eigenvalue weighted by molar-refractivity contribution is -0.205. The second-order valence-corrected chi connectivity index (χ2v) is 19.6. The third-order valence-corrected chi connectivity index (χ3v) is 15.7. The first kappa shape index (κ1) is 37.6. The highest BCUT2D eigenvalue weighted by atomic mass is 32.2. The van der Waals surface area contributed by atoms with Crippen LogP contribution in [-0.2, 0) is 31.9 Å². The summed E-state index contributed by atoms with van der Waals surface area (Å²) in [5, 5.41) is 6.48. The number of hydrogen-bond donors (Lipinski definition) is 0. The molecule has 5 aromatic carbocycles. The van der Waals surface area contributed by atoms with Gasteiger partial charge in [0.2, 0.25) is 0 Å². The first-order valence-corrected chi connectivity index (χ1v) is 20.6. The zero-order chi connectivity index (χ0) is 36.4. The van der Waals surface area contributed by atoms with Crippen LogP contribution in [0.15, 0.2) is 156 Å². The van der Waals surface area contributed by atoms with Gasteiger partial charge in [0.15, 0.2) is 0 Å². The smallest absolute Gasteiger partial charge is 0.261 e. The Balaban J connectivity index is 1.42. The number of nitrogens with zero attached hydrogens (tertiary/aromatic N) is 3. The number of aryl methyl sites for hydroxylation is 1. The summed E-state index contributed by atoms with van der Waals surface area (Å²) in [5.74, 6) is 0. The maximum atomic E-state index is 9.93. The van der Waals surface area contributed by atoms with Gasteiger partial charge >= 0.3 is 0 Å². The lowest BCUT2D eigenvalue weighted by Crippen LogP contribution is -2.68. The van der Waals surface area contributed by atoms with Gasteiger partial charge in [-0.15, -0.1) is 0 Å². The number of ether oxygens (including phenoxy) is 3. The minimum absolute atomic E-state index is 0.238. The highest BCUT2D eigenvalue weighted by molar-refractivity contribution is 7.99. The number of azide groups is 1. The molecule has 0 bridgehead atoms. The molecule has 0 amide bonds. The molecule has 0 spiro atoms. The van der Waals surface area contributed by atoms with Crippen molar-refractivity contribution < 1.29 is 18.6 Å². The van der Waals surface area contributed by atoms with Gasteiger partial charge < -0.3 is 18.6 Å². The molecule has 0 unspecified atom stereocenters. The van der Waals surface area contributed by atoms with Crippen LogP contribution in [-0.4, -0.2) is 44.7 Å². The first-order chi connectivity index (χ1) is 25.3. The molecule has 5 aromatic rings. The fraction of sp³-hybridized carbons (Fsp3) is 0.302. The summed E-state index contributed by atoms with van der Waals surface area (Å²) in [6.45, 7) is 9.75. The molecule has 0 aromatic heterocycles. The van der Waals surface area contributed by atoms with Crippen molar-refractivity contribution in [2.75, 3.05) is 6.61 Å².